The first-order valence-corrected chi connectivity index (χ1v) is 11.5. The van der Waals surface area contributed by atoms with Gasteiger partial charge in [-0.1, -0.05) is 18.2 Å². The molecule has 7 nitrogen and oxygen atoms in total. The molecule has 2 fully saturated rings. The number of amides is 1. The molecule has 1 aliphatic carbocycles. The van der Waals surface area contributed by atoms with Crippen molar-refractivity contribution in [2.75, 3.05) is 18.0 Å². The van der Waals surface area contributed by atoms with Crippen molar-refractivity contribution in [3.63, 3.8) is 0 Å². The van der Waals surface area contributed by atoms with E-state index in [0.29, 0.717) is 43.0 Å². The molecule has 0 N–H and O–H groups in total. The monoisotopic (exact) mass is 453 g/mol. The molecule has 1 saturated heterocycles. The van der Waals surface area contributed by atoms with Crippen molar-refractivity contribution in [1.29, 1.82) is 0 Å². The molecule has 2 aromatic carbocycles. The fraction of sp³-hybridized carbons (Fsp3) is 0.458. The van der Waals surface area contributed by atoms with Gasteiger partial charge in [-0.25, -0.2) is 18.3 Å². The van der Waals surface area contributed by atoms with E-state index in [0.717, 1.165) is 40.5 Å². The number of piperidine rings is 1. The zero-order valence-electron chi connectivity index (χ0n) is 18.2. The molecular formula is C24H25F2N5O2. The molecule has 2 atom stereocenters. The molecule has 172 valence electrons. The van der Waals surface area contributed by atoms with Crippen molar-refractivity contribution < 1.29 is 13.6 Å². The third kappa shape index (κ3) is 3.50. The summed E-state index contributed by atoms with van der Waals surface area (Å²) in [4.78, 5) is 29.6. The molecule has 3 aromatic rings. The van der Waals surface area contributed by atoms with E-state index in [1.165, 1.54) is 11.0 Å². The van der Waals surface area contributed by atoms with Crippen LogP contribution in [0.15, 0.2) is 41.2 Å². The maximum Gasteiger partial charge on any atom is 0.346 e. The molecule has 0 spiro atoms. The van der Waals surface area contributed by atoms with Gasteiger partial charge in [-0.2, -0.15) is 5.10 Å². The summed E-state index contributed by atoms with van der Waals surface area (Å²) in [5.74, 6) is 1.29. The van der Waals surface area contributed by atoms with Crippen molar-refractivity contribution >= 4 is 22.4 Å². The maximum atomic E-state index is 13.1. The Bertz CT molecular complexity index is 1300. The SMILES string of the molecule is O=C(c1ccc2c(N3CCn4c(nn(CC(F)F)c4=O)C3)cccc2c1)N1CCCC2CC21. The summed E-state index contributed by atoms with van der Waals surface area (Å²) in [7, 11) is 0. The van der Waals surface area contributed by atoms with Gasteiger partial charge < -0.3 is 9.80 Å². The highest BCUT2D eigenvalue weighted by molar-refractivity contribution is 6.02. The lowest BCUT2D eigenvalue weighted by Crippen LogP contribution is -2.38. The van der Waals surface area contributed by atoms with Crippen molar-refractivity contribution in [3.05, 3.63) is 58.3 Å². The van der Waals surface area contributed by atoms with Crippen LogP contribution < -0.4 is 10.6 Å². The van der Waals surface area contributed by atoms with Gasteiger partial charge in [0.15, 0.2) is 5.82 Å². The summed E-state index contributed by atoms with van der Waals surface area (Å²) in [6.07, 6.45) is 0.829. The molecule has 0 bridgehead atoms. The summed E-state index contributed by atoms with van der Waals surface area (Å²) in [5, 5.41) is 6.14. The van der Waals surface area contributed by atoms with Crippen LogP contribution in [0.5, 0.6) is 0 Å². The largest absolute Gasteiger partial charge is 0.362 e. The van der Waals surface area contributed by atoms with Crippen molar-refractivity contribution in [3.8, 4) is 0 Å². The van der Waals surface area contributed by atoms with Gasteiger partial charge in [0.2, 0.25) is 0 Å². The number of nitrogens with zero attached hydrogens (tertiary/aromatic N) is 5. The van der Waals surface area contributed by atoms with Crippen LogP contribution in [0.1, 0.15) is 35.4 Å². The Kier molecular flexibility index (Phi) is 4.74. The van der Waals surface area contributed by atoms with Crippen LogP contribution in [0.3, 0.4) is 0 Å². The minimum atomic E-state index is -2.62. The average molecular weight is 453 g/mol. The lowest BCUT2D eigenvalue weighted by atomic mass is 10.0. The standard InChI is InChI=1S/C24H25F2N5O2/c25-21(26)13-31-24(33)30-10-9-28(14-22(30)27-31)19-5-1-3-15-11-17(6-7-18(15)19)23(32)29-8-2-4-16-12-20(16)29/h1,3,5-7,11,16,20-21H,2,4,8-10,12-14H2. The Morgan fingerprint density at radius 1 is 1.15 bits per heavy atom. The number of hydrogen-bond donors (Lipinski definition) is 0. The zero-order chi connectivity index (χ0) is 22.7. The second kappa shape index (κ2) is 7.67. The molecule has 0 radical (unpaired) electrons. The highest BCUT2D eigenvalue weighted by atomic mass is 19.3. The molecule has 1 amide bonds. The van der Waals surface area contributed by atoms with Gasteiger partial charge in [-0.3, -0.25) is 9.36 Å². The maximum absolute atomic E-state index is 13.1. The van der Waals surface area contributed by atoms with Crippen LogP contribution in [0.25, 0.3) is 10.8 Å². The van der Waals surface area contributed by atoms with Crippen LogP contribution >= 0.6 is 0 Å². The van der Waals surface area contributed by atoms with Crippen LogP contribution in [0, 0.1) is 5.92 Å². The first-order chi connectivity index (χ1) is 16.0. The molecule has 3 aliphatic rings. The number of hydrogen-bond acceptors (Lipinski definition) is 4. The van der Waals surface area contributed by atoms with Crippen LogP contribution in [-0.2, 0) is 19.6 Å². The topological polar surface area (TPSA) is 63.4 Å². The lowest BCUT2D eigenvalue weighted by molar-refractivity contribution is 0.0706. The molecule has 9 heteroatoms. The highest BCUT2D eigenvalue weighted by Crippen LogP contribution is 2.43. The molecular weight excluding hydrogens is 428 g/mol. The van der Waals surface area contributed by atoms with E-state index < -0.39 is 18.7 Å². The van der Waals surface area contributed by atoms with Gasteiger partial charge in [0, 0.05) is 42.3 Å². The lowest BCUT2D eigenvalue weighted by Gasteiger charge is -2.30. The van der Waals surface area contributed by atoms with Gasteiger partial charge in [-0.15, -0.1) is 0 Å². The number of carbonyl (C=O) groups excluding carboxylic acids is 1. The fourth-order valence-electron chi connectivity index (χ4n) is 5.46. The van der Waals surface area contributed by atoms with E-state index in [1.807, 2.05) is 41.3 Å². The van der Waals surface area contributed by atoms with Crippen LogP contribution in [0.4, 0.5) is 14.5 Å². The predicted octanol–water partition coefficient (Wildman–Crippen LogP) is 3.11. The average Bonchev–Trinajstić information content (AvgIpc) is 3.56. The van der Waals surface area contributed by atoms with E-state index in [1.54, 1.807) is 0 Å². The van der Waals surface area contributed by atoms with Gasteiger partial charge in [0.25, 0.3) is 12.3 Å². The Hall–Kier alpha value is -3.23. The number of fused-ring (bicyclic) bond motifs is 3. The Balaban J connectivity index is 1.28. The summed E-state index contributed by atoms with van der Waals surface area (Å²) in [6.45, 7) is 1.47. The molecule has 33 heavy (non-hydrogen) atoms. The molecule has 6 rings (SSSR count). The van der Waals surface area contributed by atoms with E-state index in [4.69, 9.17) is 0 Å². The summed E-state index contributed by atoms with van der Waals surface area (Å²) < 4.78 is 27.9. The first kappa shape index (κ1) is 20.4. The number of halogens is 2. The Labute approximate surface area is 189 Å². The van der Waals surface area contributed by atoms with E-state index in [9.17, 15) is 18.4 Å². The molecule has 1 saturated carbocycles. The fourth-order valence-corrected chi connectivity index (χ4v) is 5.46. The van der Waals surface area contributed by atoms with E-state index in [2.05, 4.69) is 10.00 Å². The molecule has 2 unspecified atom stereocenters. The Morgan fingerprint density at radius 2 is 2.03 bits per heavy atom. The minimum absolute atomic E-state index is 0.112. The van der Waals surface area contributed by atoms with Crippen LogP contribution in [-0.4, -0.2) is 50.7 Å². The Morgan fingerprint density at radius 3 is 2.88 bits per heavy atom. The second-order valence-corrected chi connectivity index (χ2v) is 9.26. The van der Waals surface area contributed by atoms with Gasteiger partial charge in [0.05, 0.1) is 6.54 Å². The number of benzene rings is 2. The minimum Gasteiger partial charge on any atom is -0.362 e. The number of aromatic nitrogens is 3. The van der Waals surface area contributed by atoms with E-state index >= 15 is 0 Å². The smallest absolute Gasteiger partial charge is 0.346 e. The zero-order valence-corrected chi connectivity index (χ0v) is 18.2. The third-order valence-electron chi connectivity index (χ3n) is 7.20. The molecule has 2 aliphatic heterocycles. The van der Waals surface area contributed by atoms with E-state index in [-0.39, 0.29) is 5.91 Å². The second-order valence-electron chi connectivity index (χ2n) is 9.26. The first-order valence-electron chi connectivity index (χ1n) is 11.5. The third-order valence-corrected chi connectivity index (χ3v) is 7.20. The normalized spacial score (nSPS) is 21.9. The number of carbonyl (C=O) groups is 1. The van der Waals surface area contributed by atoms with Gasteiger partial charge in [-0.05, 0) is 48.8 Å². The van der Waals surface area contributed by atoms with Crippen molar-refractivity contribution in [2.45, 2.75) is 51.4 Å². The summed E-state index contributed by atoms with van der Waals surface area (Å²) >= 11 is 0. The van der Waals surface area contributed by atoms with Gasteiger partial charge in [0.1, 0.15) is 6.54 Å². The van der Waals surface area contributed by atoms with Crippen molar-refractivity contribution in [1.82, 2.24) is 19.2 Å². The van der Waals surface area contributed by atoms with Gasteiger partial charge >= 0.3 is 5.69 Å². The van der Waals surface area contributed by atoms with Crippen molar-refractivity contribution in [2.24, 2.45) is 5.92 Å². The highest BCUT2D eigenvalue weighted by Gasteiger charge is 2.46. The summed E-state index contributed by atoms with van der Waals surface area (Å²) in [5.41, 5.74) is 1.21. The number of likely N-dealkylation sites (tertiary alicyclic amines) is 1. The quantitative estimate of drug-likeness (QED) is 0.609. The summed E-state index contributed by atoms with van der Waals surface area (Å²) in [6, 6.07) is 12.2. The number of rotatable bonds is 4. The predicted molar refractivity (Wildman–Crippen MR) is 120 cm³/mol. The van der Waals surface area contributed by atoms with Crippen LogP contribution in [0.2, 0.25) is 0 Å². The molecule has 1 aromatic heterocycles. The number of anilines is 1. The number of alkyl halides is 2. The molecule has 3 heterocycles.